The summed E-state index contributed by atoms with van der Waals surface area (Å²) in [5.41, 5.74) is 3.07. The van der Waals surface area contributed by atoms with Crippen LogP contribution in [0.1, 0.15) is 11.3 Å². The second kappa shape index (κ2) is 4.20. The molecule has 0 radical (unpaired) electrons. The van der Waals surface area contributed by atoms with E-state index in [0.29, 0.717) is 17.9 Å². The highest BCUT2D eigenvalue weighted by Crippen LogP contribution is 2.18. The summed E-state index contributed by atoms with van der Waals surface area (Å²) in [7, 11) is 0. The molecule has 3 aromatic rings. The SMILES string of the molecule is Cc1nc2n(CCO)c3ccccc3n2c(=O)c1C. The van der Waals surface area contributed by atoms with Gasteiger partial charge in [-0.25, -0.2) is 9.38 Å². The molecule has 0 atom stereocenters. The zero-order valence-electron chi connectivity index (χ0n) is 10.9. The fourth-order valence-electron chi connectivity index (χ4n) is 2.41. The molecule has 0 bridgehead atoms. The first-order valence-electron chi connectivity index (χ1n) is 6.23. The predicted molar refractivity (Wildman–Crippen MR) is 73.5 cm³/mol. The minimum atomic E-state index is -0.0459. The molecule has 3 rings (SSSR count). The summed E-state index contributed by atoms with van der Waals surface area (Å²) in [5.74, 6) is 0.586. The monoisotopic (exact) mass is 257 g/mol. The van der Waals surface area contributed by atoms with Crippen LogP contribution >= 0.6 is 0 Å². The summed E-state index contributed by atoms with van der Waals surface area (Å²) in [4.78, 5) is 16.9. The van der Waals surface area contributed by atoms with Crippen LogP contribution in [0.3, 0.4) is 0 Å². The Kier molecular flexibility index (Phi) is 2.64. The Morgan fingerprint density at radius 1 is 1.21 bits per heavy atom. The summed E-state index contributed by atoms with van der Waals surface area (Å²) >= 11 is 0. The summed E-state index contributed by atoms with van der Waals surface area (Å²) in [6, 6.07) is 7.64. The van der Waals surface area contributed by atoms with Crippen molar-refractivity contribution in [3.05, 3.63) is 45.9 Å². The highest BCUT2D eigenvalue weighted by molar-refractivity contribution is 5.80. The van der Waals surface area contributed by atoms with Crippen LogP contribution in [0.2, 0.25) is 0 Å². The van der Waals surface area contributed by atoms with Crippen molar-refractivity contribution in [3.63, 3.8) is 0 Å². The number of aryl methyl sites for hydroxylation is 1. The van der Waals surface area contributed by atoms with Gasteiger partial charge in [-0.05, 0) is 26.0 Å². The van der Waals surface area contributed by atoms with Crippen molar-refractivity contribution >= 4 is 16.8 Å². The summed E-state index contributed by atoms with van der Waals surface area (Å²) < 4.78 is 3.50. The second-order valence-corrected chi connectivity index (χ2v) is 4.63. The number of imidazole rings is 1. The lowest BCUT2D eigenvalue weighted by Crippen LogP contribution is -2.19. The number of nitrogens with zero attached hydrogens (tertiary/aromatic N) is 3. The Morgan fingerprint density at radius 2 is 1.89 bits per heavy atom. The van der Waals surface area contributed by atoms with Gasteiger partial charge in [0.2, 0.25) is 5.78 Å². The molecule has 0 saturated heterocycles. The first-order valence-corrected chi connectivity index (χ1v) is 6.23. The largest absolute Gasteiger partial charge is 0.395 e. The first kappa shape index (κ1) is 11.9. The van der Waals surface area contributed by atoms with Gasteiger partial charge < -0.3 is 9.67 Å². The van der Waals surface area contributed by atoms with E-state index in [9.17, 15) is 9.90 Å². The maximum atomic E-state index is 12.4. The Labute approximate surface area is 109 Å². The van der Waals surface area contributed by atoms with E-state index in [1.807, 2.05) is 35.8 Å². The quantitative estimate of drug-likeness (QED) is 0.752. The third-order valence-corrected chi connectivity index (χ3v) is 3.51. The van der Waals surface area contributed by atoms with E-state index in [-0.39, 0.29) is 12.2 Å². The molecule has 0 fully saturated rings. The van der Waals surface area contributed by atoms with Gasteiger partial charge in [-0.3, -0.25) is 4.79 Å². The van der Waals surface area contributed by atoms with Gasteiger partial charge in [0.15, 0.2) is 0 Å². The molecule has 0 aliphatic heterocycles. The molecule has 1 N–H and O–H groups in total. The van der Waals surface area contributed by atoms with Crippen LogP contribution in [0.4, 0.5) is 0 Å². The molecule has 98 valence electrons. The van der Waals surface area contributed by atoms with Crippen molar-refractivity contribution in [1.82, 2.24) is 14.0 Å². The lowest BCUT2D eigenvalue weighted by atomic mass is 10.2. The van der Waals surface area contributed by atoms with Crippen molar-refractivity contribution in [2.24, 2.45) is 0 Å². The van der Waals surface area contributed by atoms with Gasteiger partial charge in [0, 0.05) is 17.8 Å². The Hall–Kier alpha value is -2.14. The highest BCUT2D eigenvalue weighted by atomic mass is 16.3. The zero-order valence-corrected chi connectivity index (χ0v) is 10.9. The number of aliphatic hydroxyl groups is 1. The molecule has 2 aromatic heterocycles. The Bertz CT molecular complexity index is 830. The third-order valence-electron chi connectivity index (χ3n) is 3.51. The zero-order chi connectivity index (χ0) is 13.6. The van der Waals surface area contributed by atoms with Crippen molar-refractivity contribution in [2.45, 2.75) is 20.4 Å². The molecule has 1 aromatic carbocycles. The molecule has 0 unspecified atom stereocenters. The normalized spacial score (nSPS) is 11.5. The minimum absolute atomic E-state index is 0.0110. The van der Waals surface area contributed by atoms with E-state index >= 15 is 0 Å². The van der Waals surface area contributed by atoms with Crippen molar-refractivity contribution in [1.29, 1.82) is 0 Å². The summed E-state index contributed by atoms with van der Waals surface area (Å²) in [6.45, 7) is 4.05. The summed E-state index contributed by atoms with van der Waals surface area (Å²) in [5, 5.41) is 9.21. The van der Waals surface area contributed by atoms with Crippen LogP contribution < -0.4 is 5.56 Å². The molecule has 0 saturated carbocycles. The van der Waals surface area contributed by atoms with Crippen LogP contribution in [0.15, 0.2) is 29.1 Å². The number of rotatable bonds is 2. The van der Waals surface area contributed by atoms with E-state index in [0.717, 1.165) is 16.7 Å². The molecular formula is C14H15N3O2. The molecule has 5 heteroatoms. The molecule has 0 amide bonds. The van der Waals surface area contributed by atoms with Crippen LogP contribution in [0, 0.1) is 13.8 Å². The smallest absolute Gasteiger partial charge is 0.262 e. The van der Waals surface area contributed by atoms with E-state index < -0.39 is 0 Å². The number of fused-ring (bicyclic) bond motifs is 3. The molecule has 0 spiro atoms. The minimum Gasteiger partial charge on any atom is -0.395 e. The van der Waals surface area contributed by atoms with Gasteiger partial charge >= 0.3 is 0 Å². The molecular weight excluding hydrogens is 242 g/mol. The van der Waals surface area contributed by atoms with Crippen LogP contribution in [0.25, 0.3) is 16.8 Å². The van der Waals surface area contributed by atoms with Gasteiger partial charge in [-0.15, -0.1) is 0 Å². The van der Waals surface area contributed by atoms with Crippen molar-refractivity contribution < 1.29 is 5.11 Å². The highest BCUT2D eigenvalue weighted by Gasteiger charge is 2.14. The number of aromatic nitrogens is 3. The average molecular weight is 257 g/mol. The van der Waals surface area contributed by atoms with Crippen molar-refractivity contribution in [2.75, 3.05) is 6.61 Å². The molecule has 5 nitrogen and oxygen atoms in total. The van der Waals surface area contributed by atoms with E-state index in [1.54, 1.807) is 11.3 Å². The Morgan fingerprint density at radius 3 is 2.58 bits per heavy atom. The lowest BCUT2D eigenvalue weighted by molar-refractivity contribution is 0.279. The van der Waals surface area contributed by atoms with Gasteiger partial charge in [0.1, 0.15) is 0 Å². The molecule has 2 heterocycles. The maximum Gasteiger partial charge on any atom is 0.262 e. The van der Waals surface area contributed by atoms with Gasteiger partial charge in [-0.1, -0.05) is 12.1 Å². The van der Waals surface area contributed by atoms with Gasteiger partial charge in [0.25, 0.3) is 5.56 Å². The number of para-hydroxylation sites is 2. The number of aliphatic hydroxyl groups excluding tert-OH is 1. The third kappa shape index (κ3) is 1.58. The van der Waals surface area contributed by atoms with Crippen LogP contribution in [0.5, 0.6) is 0 Å². The number of hydrogen-bond donors (Lipinski definition) is 1. The average Bonchev–Trinajstić information content (AvgIpc) is 2.71. The summed E-state index contributed by atoms with van der Waals surface area (Å²) in [6.07, 6.45) is 0. The predicted octanol–water partition coefficient (Wildman–Crippen LogP) is 1.26. The van der Waals surface area contributed by atoms with E-state index in [4.69, 9.17) is 0 Å². The fraction of sp³-hybridized carbons (Fsp3) is 0.286. The van der Waals surface area contributed by atoms with Gasteiger partial charge in [-0.2, -0.15) is 0 Å². The van der Waals surface area contributed by atoms with Crippen LogP contribution in [-0.2, 0) is 6.54 Å². The standard InChI is InChI=1S/C14H15N3O2/c1-9-10(2)15-14-16(7-8-18)11-5-3-4-6-12(11)17(14)13(9)19/h3-6,18H,7-8H2,1-2H3. The Balaban J connectivity index is 2.60. The van der Waals surface area contributed by atoms with Crippen LogP contribution in [-0.4, -0.2) is 25.7 Å². The fourth-order valence-corrected chi connectivity index (χ4v) is 2.41. The molecule has 0 aliphatic carbocycles. The topological polar surface area (TPSA) is 59.5 Å². The van der Waals surface area contributed by atoms with Gasteiger partial charge in [0.05, 0.1) is 17.6 Å². The second-order valence-electron chi connectivity index (χ2n) is 4.63. The van der Waals surface area contributed by atoms with E-state index in [2.05, 4.69) is 4.98 Å². The molecule has 0 aliphatic rings. The number of hydrogen-bond acceptors (Lipinski definition) is 3. The molecule has 19 heavy (non-hydrogen) atoms. The lowest BCUT2D eigenvalue weighted by Gasteiger charge is -2.04. The van der Waals surface area contributed by atoms with E-state index in [1.165, 1.54) is 0 Å². The first-order chi connectivity index (χ1) is 9.15. The number of benzene rings is 1. The van der Waals surface area contributed by atoms with Crippen molar-refractivity contribution in [3.8, 4) is 0 Å². The maximum absolute atomic E-state index is 12.4.